The van der Waals surface area contributed by atoms with E-state index < -0.39 is 0 Å². The second-order valence-corrected chi connectivity index (χ2v) is 6.28. The number of rotatable bonds is 4. The van der Waals surface area contributed by atoms with E-state index in [0.717, 1.165) is 10.2 Å². The summed E-state index contributed by atoms with van der Waals surface area (Å²) in [5.74, 6) is 0. The fourth-order valence-corrected chi connectivity index (χ4v) is 2.82. The molecule has 0 fully saturated rings. The average molecular weight is 333 g/mol. The lowest BCUT2D eigenvalue weighted by molar-refractivity contribution is 0.883. The average Bonchev–Trinajstić information content (AvgIpc) is 2.37. The molecule has 0 aliphatic heterocycles. The van der Waals surface area contributed by atoms with E-state index >= 15 is 0 Å². The largest absolute Gasteiger partial charge is 0.378 e. The Morgan fingerprint density at radius 2 is 1.70 bits per heavy atom. The molecule has 0 aliphatic carbocycles. The van der Waals surface area contributed by atoms with E-state index in [4.69, 9.17) is 0 Å². The molecule has 2 rings (SSSR count). The summed E-state index contributed by atoms with van der Waals surface area (Å²) in [7, 11) is 4.11. The molecule has 2 aromatic rings. The normalized spacial score (nSPS) is 12.1. The number of benzene rings is 2. The topological polar surface area (TPSA) is 15.3 Å². The van der Waals surface area contributed by atoms with E-state index in [0.29, 0.717) is 0 Å². The maximum absolute atomic E-state index is 3.54. The van der Waals surface area contributed by atoms with Gasteiger partial charge < -0.3 is 10.2 Å². The molecule has 2 nitrogen and oxygen atoms in total. The SMILES string of the molecule is Cc1cc(Br)cc(NC(C)c2ccc(N(C)C)cc2)c1. The Balaban J connectivity index is 2.13. The highest BCUT2D eigenvalue weighted by molar-refractivity contribution is 9.10. The lowest BCUT2D eigenvalue weighted by Gasteiger charge is -2.18. The standard InChI is InChI=1S/C17H21BrN2/c1-12-9-15(18)11-16(10-12)19-13(2)14-5-7-17(8-6-14)20(3)4/h5-11,13,19H,1-4H3. The van der Waals surface area contributed by atoms with Crippen LogP contribution in [0.25, 0.3) is 0 Å². The third kappa shape index (κ3) is 3.76. The molecule has 1 N–H and O–H groups in total. The summed E-state index contributed by atoms with van der Waals surface area (Å²) >= 11 is 3.54. The predicted molar refractivity (Wildman–Crippen MR) is 91.7 cm³/mol. The maximum atomic E-state index is 3.54. The number of hydrogen-bond donors (Lipinski definition) is 1. The van der Waals surface area contributed by atoms with E-state index in [-0.39, 0.29) is 6.04 Å². The van der Waals surface area contributed by atoms with E-state index in [2.05, 4.69) is 96.6 Å². The van der Waals surface area contributed by atoms with Gasteiger partial charge in [-0.25, -0.2) is 0 Å². The van der Waals surface area contributed by atoms with Gasteiger partial charge in [-0.15, -0.1) is 0 Å². The number of nitrogens with zero attached hydrogens (tertiary/aromatic N) is 1. The van der Waals surface area contributed by atoms with Crippen LogP contribution in [-0.2, 0) is 0 Å². The maximum Gasteiger partial charge on any atom is 0.0485 e. The van der Waals surface area contributed by atoms with Crippen LogP contribution in [0.2, 0.25) is 0 Å². The van der Waals surface area contributed by atoms with Gasteiger partial charge in [0.25, 0.3) is 0 Å². The van der Waals surface area contributed by atoms with Crippen molar-refractivity contribution in [3.63, 3.8) is 0 Å². The molecule has 0 saturated carbocycles. The minimum absolute atomic E-state index is 0.278. The molecule has 1 unspecified atom stereocenters. The highest BCUT2D eigenvalue weighted by Gasteiger charge is 2.06. The molecular formula is C17H21BrN2. The summed E-state index contributed by atoms with van der Waals surface area (Å²) in [6.07, 6.45) is 0. The summed E-state index contributed by atoms with van der Waals surface area (Å²) in [5, 5.41) is 3.54. The highest BCUT2D eigenvalue weighted by Crippen LogP contribution is 2.24. The second-order valence-electron chi connectivity index (χ2n) is 5.37. The Labute approximate surface area is 129 Å². The van der Waals surface area contributed by atoms with Crippen LogP contribution in [0.1, 0.15) is 24.1 Å². The molecule has 0 amide bonds. The van der Waals surface area contributed by atoms with Crippen LogP contribution in [0.3, 0.4) is 0 Å². The van der Waals surface area contributed by atoms with Gasteiger partial charge in [-0.1, -0.05) is 28.1 Å². The van der Waals surface area contributed by atoms with Gasteiger partial charge in [-0.3, -0.25) is 0 Å². The van der Waals surface area contributed by atoms with Gasteiger partial charge in [0, 0.05) is 36.0 Å². The molecule has 1 atom stereocenters. The zero-order valence-corrected chi connectivity index (χ0v) is 14.0. The molecule has 0 radical (unpaired) electrons. The van der Waals surface area contributed by atoms with Gasteiger partial charge in [0.05, 0.1) is 0 Å². The van der Waals surface area contributed by atoms with Gasteiger partial charge in [-0.05, 0) is 55.3 Å². The first-order valence-electron chi connectivity index (χ1n) is 6.77. The van der Waals surface area contributed by atoms with Crippen molar-refractivity contribution in [2.75, 3.05) is 24.3 Å². The smallest absolute Gasteiger partial charge is 0.0485 e. The van der Waals surface area contributed by atoms with Gasteiger partial charge in [0.15, 0.2) is 0 Å². The Bertz CT molecular complexity index is 556. The number of anilines is 2. The number of hydrogen-bond acceptors (Lipinski definition) is 2. The molecular weight excluding hydrogens is 312 g/mol. The Morgan fingerprint density at radius 1 is 1.05 bits per heavy atom. The van der Waals surface area contributed by atoms with Crippen molar-refractivity contribution in [1.82, 2.24) is 0 Å². The van der Waals surface area contributed by atoms with Gasteiger partial charge in [0.1, 0.15) is 0 Å². The van der Waals surface area contributed by atoms with Crippen molar-refractivity contribution in [3.8, 4) is 0 Å². The first-order valence-corrected chi connectivity index (χ1v) is 7.56. The summed E-state index contributed by atoms with van der Waals surface area (Å²) in [6.45, 7) is 4.29. The van der Waals surface area contributed by atoms with E-state index in [9.17, 15) is 0 Å². The minimum atomic E-state index is 0.278. The van der Waals surface area contributed by atoms with Crippen LogP contribution in [0, 0.1) is 6.92 Å². The van der Waals surface area contributed by atoms with E-state index in [1.54, 1.807) is 0 Å². The van der Waals surface area contributed by atoms with Crippen LogP contribution in [0.4, 0.5) is 11.4 Å². The third-order valence-electron chi connectivity index (χ3n) is 3.33. The third-order valence-corrected chi connectivity index (χ3v) is 3.79. The van der Waals surface area contributed by atoms with Crippen molar-refractivity contribution in [2.24, 2.45) is 0 Å². The van der Waals surface area contributed by atoms with Crippen molar-refractivity contribution in [1.29, 1.82) is 0 Å². The van der Waals surface area contributed by atoms with Crippen molar-refractivity contribution in [2.45, 2.75) is 19.9 Å². The molecule has 20 heavy (non-hydrogen) atoms. The molecule has 0 spiro atoms. The Morgan fingerprint density at radius 3 is 2.25 bits per heavy atom. The van der Waals surface area contributed by atoms with Gasteiger partial charge >= 0.3 is 0 Å². The Kier molecular flexibility index (Phi) is 4.71. The monoisotopic (exact) mass is 332 g/mol. The van der Waals surface area contributed by atoms with Crippen LogP contribution in [0.15, 0.2) is 46.9 Å². The second kappa shape index (κ2) is 6.31. The lowest BCUT2D eigenvalue weighted by Crippen LogP contribution is -2.10. The van der Waals surface area contributed by atoms with Gasteiger partial charge in [-0.2, -0.15) is 0 Å². The highest BCUT2D eigenvalue weighted by atomic mass is 79.9. The number of halogens is 1. The quantitative estimate of drug-likeness (QED) is 0.847. The molecule has 3 heteroatoms. The number of nitrogens with one attached hydrogen (secondary N) is 1. The zero-order chi connectivity index (χ0) is 14.7. The molecule has 2 aromatic carbocycles. The van der Waals surface area contributed by atoms with E-state index in [1.165, 1.54) is 16.8 Å². The molecule has 0 aliphatic rings. The summed E-state index contributed by atoms with van der Waals surface area (Å²) in [4.78, 5) is 2.11. The summed E-state index contributed by atoms with van der Waals surface area (Å²) in [6, 6.07) is 15.3. The minimum Gasteiger partial charge on any atom is -0.378 e. The van der Waals surface area contributed by atoms with Crippen molar-refractivity contribution in [3.05, 3.63) is 58.1 Å². The molecule has 0 aromatic heterocycles. The fourth-order valence-electron chi connectivity index (χ4n) is 2.21. The summed E-state index contributed by atoms with van der Waals surface area (Å²) < 4.78 is 1.11. The predicted octanol–water partition coefficient (Wildman–Crippen LogP) is 5.00. The van der Waals surface area contributed by atoms with Crippen LogP contribution < -0.4 is 10.2 Å². The van der Waals surface area contributed by atoms with Crippen LogP contribution in [-0.4, -0.2) is 14.1 Å². The van der Waals surface area contributed by atoms with Crippen LogP contribution >= 0.6 is 15.9 Å². The van der Waals surface area contributed by atoms with Crippen molar-refractivity contribution >= 4 is 27.3 Å². The van der Waals surface area contributed by atoms with Crippen molar-refractivity contribution < 1.29 is 0 Å². The zero-order valence-electron chi connectivity index (χ0n) is 12.4. The molecule has 0 saturated heterocycles. The molecule has 106 valence electrons. The van der Waals surface area contributed by atoms with E-state index in [1.807, 2.05) is 0 Å². The fraction of sp³-hybridized carbons (Fsp3) is 0.294. The van der Waals surface area contributed by atoms with Crippen LogP contribution in [0.5, 0.6) is 0 Å². The Hall–Kier alpha value is -1.48. The lowest BCUT2D eigenvalue weighted by atomic mass is 10.1. The first kappa shape index (κ1) is 14.9. The van der Waals surface area contributed by atoms with Gasteiger partial charge in [0.2, 0.25) is 0 Å². The summed E-state index contributed by atoms with van der Waals surface area (Å²) in [5.41, 5.74) is 4.89. The molecule has 0 heterocycles. The number of aryl methyl sites for hydroxylation is 1. The molecule has 0 bridgehead atoms. The first-order chi connectivity index (χ1) is 9.45.